The SMILES string of the molecule is Cc1ccc(OCC(=O)N(Cc2ccc(Br)cc2)[C@H](Cc2ccccc2)C(=O)NC(C)C)cc1C. The van der Waals surface area contributed by atoms with Crippen molar-refractivity contribution in [3.8, 4) is 5.75 Å². The van der Waals surface area contributed by atoms with Crippen LogP contribution in [0.3, 0.4) is 0 Å². The van der Waals surface area contributed by atoms with E-state index in [1.165, 1.54) is 0 Å². The Kier molecular flexibility index (Phi) is 9.49. The predicted octanol–water partition coefficient (Wildman–Crippen LogP) is 5.61. The molecule has 6 heteroatoms. The Morgan fingerprint density at radius 3 is 2.23 bits per heavy atom. The number of nitrogens with zero attached hydrogens (tertiary/aromatic N) is 1. The number of hydrogen-bond acceptors (Lipinski definition) is 3. The molecule has 184 valence electrons. The van der Waals surface area contributed by atoms with Crippen molar-refractivity contribution in [1.82, 2.24) is 10.2 Å². The number of carbonyl (C=O) groups excluding carboxylic acids is 2. The molecule has 0 aliphatic carbocycles. The van der Waals surface area contributed by atoms with E-state index >= 15 is 0 Å². The van der Waals surface area contributed by atoms with Crippen LogP contribution in [0, 0.1) is 13.8 Å². The van der Waals surface area contributed by atoms with Crippen LogP contribution in [0.15, 0.2) is 77.3 Å². The van der Waals surface area contributed by atoms with Crippen LogP contribution < -0.4 is 10.1 Å². The highest BCUT2D eigenvalue weighted by atomic mass is 79.9. The first kappa shape index (κ1) is 26.5. The lowest BCUT2D eigenvalue weighted by Crippen LogP contribution is -2.52. The lowest BCUT2D eigenvalue weighted by molar-refractivity contribution is -0.143. The van der Waals surface area contributed by atoms with Crippen molar-refractivity contribution in [3.05, 3.63) is 99.5 Å². The molecule has 0 spiro atoms. The molecule has 3 rings (SSSR count). The summed E-state index contributed by atoms with van der Waals surface area (Å²) < 4.78 is 6.83. The quantitative estimate of drug-likeness (QED) is 0.366. The van der Waals surface area contributed by atoms with Gasteiger partial charge in [0.15, 0.2) is 6.61 Å². The molecule has 5 nitrogen and oxygen atoms in total. The Balaban J connectivity index is 1.90. The molecule has 1 atom stereocenters. The van der Waals surface area contributed by atoms with E-state index in [1.54, 1.807) is 4.90 Å². The first-order chi connectivity index (χ1) is 16.7. The maximum absolute atomic E-state index is 13.6. The van der Waals surface area contributed by atoms with E-state index in [-0.39, 0.29) is 24.5 Å². The maximum atomic E-state index is 13.6. The van der Waals surface area contributed by atoms with Crippen molar-refractivity contribution in [1.29, 1.82) is 0 Å². The Hall–Kier alpha value is -3.12. The van der Waals surface area contributed by atoms with E-state index in [0.717, 1.165) is 26.7 Å². The summed E-state index contributed by atoms with van der Waals surface area (Å²) in [6.07, 6.45) is 0.408. The number of halogens is 1. The van der Waals surface area contributed by atoms with Crippen LogP contribution in [0.4, 0.5) is 0 Å². The Morgan fingerprint density at radius 1 is 0.914 bits per heavy atom. The molecule has 0 fully saturated rings. The number of carbonyl (C=O) groups is 2. The summed E-state index contributed by atoms with van der Waals surface area (Å²) in [7, 11) is 0. The fraction of sp³-hybridized carbons (Fsp3) is 0.310. The van der Waals surface area contributed by atoms with Crippen molar-refractivity contribution >= 4 is 27.7 Å². The molecule has 0 heterocycles. The van der Waals surface area contributed by atoms with Crippen molar-refractivity contribution in [2.24, 2.45) is 0 Å². The van der Waals surface area contributed by atoms with Crippen LogP contribution in [-0.2, 0) is 22.6 Å². The highest BCUT2D eigenvalue weighted by Crippen LogP contribution is 2.19. The summed E-state index contributed by atoms with van der Waals surface area (Å²) in [6.45, 7) is 8.02. The highest BCUT2D eigenvalue weighted by molar-refractivity contribution is 9.10. The fourth-order valence-electron chi connectivity index (χ4n) is 3.75. The van der Waals surface area contributed by atoms with Gasteiger partial charge in [-0.05, 0) is 74.2 Å². The first-order valence-corrected chi connectivity index (χ1v) is 12.6. The average molecular weight is 537 g/mol. The van der Waals surface area contributed by atoms with E-state index in [1.807, 2.05) is 100 Å². The number of aryl methyl sites for hydroxylation is 2. The topological polar surface area (TPSA) is 58.6 Å². The molecule has 0 unspecified atom stereocenters. The molecule has 0 aromatic heterocycles. The molecule has 1 N–H and O–H groups in total. The Labute approximate surface area is 216 Å². The van der Waals surface area contributed by atoms with Gasteiger partial charge in [0.1, 0.15) is 11.8 Å². The summed E-state index contributed by atoms with van der Waals surface area (Å²) in [5.74, 6) is 0.211. The molecule has 0 radical (unpaired) electrons. The minimum Gasteiger partial charge on any atom is -0.484 e. The summed E-state index contributed by atoms with van der Waals surface area (Å²) >= 11 is 3.46. The summed E-state index contributed by atoms with van der Waals surface area (Å²) in [6, 6.07) is 22.6. The zero-order valence-electron chi connectivity index (χ0n) is 20.8. The second kappa shape index (κ2) is 12.5. The lowest BCUT2D eigenvalue weighted by atomic mass is 10.0. The second-order valence-electron chi connectivity index (χ2n) is 9.05. The Bertz CT molecular complexity index is 1130. The predicted molar refractivity (Wildman–Crippen MR) is 143 cm³/mol. The van der Waals surface area contributed by atoms with Gasteiger partial charge in [-0.3, -0.25) is 9.59 Å². The van der Waals surface area contributed by atoms with Crippen molar-refractivity contribution in [2.45, 2.75) is 52.7 Å². The molecular formula is C29H33BrN2O3. The molecule has 0 saturated carbocycles. The van der Waals surface area contributed by atoms with Gasteiger partial charge in [-0.25, -0.2) is 0 Å². The molecule has 0 aliphatic heterocycles. The van der Waals surface area contributed by atoms with E-state index in [2.05, 4.69) is 21.2 Å². The monoisotopic (exact) mass is 536 g/mol. The van der Waals surface area contributed by atoms with E-state index in [0.29, 0.717) is 18.7 Å². The van der Waals surface area contributed by atoms with E-state index < -0.39 is 6.04 Å². The van der Waals surface area contributed by atoms with E-state index in [9.17, 15) is 9.59 Å². The van der Waals surface area contributed by atoms with Gasteiger partial charge in [0.2, 0.25) is 5.91 Å². The van der Waals surface area contributed by atoms with Crippen LogP contribution in [0.2, 0.25) is 0 Å². The van der Waals surface area contributed by atoms with Crippen LogP contribution >= 0.6 is 15.9 Å². The summed E-state index contributed by atoms with van der Waals surface area (Å²) in [5.41, 5.74) is 4.18. The third-order valence-electron chi connectivity index (χ3n) is 5.81. The number of rotatable bonds is 10. The number of nitrogens with one attached hydrogen (secondary N) is 1. The van der Waals surface area contributed by atoms with Gasteiger partial charge < -0.3 is 15.0 Å². The zero-order valence-corrected chi connectivity index (χ0v) is 22.3. The lowest BCUT2D eigenvalue weighted by Gasteiger charge is -2.32. The van der Waals surface area contributed by atoms with Crippen molar-refractivity contribution < 1.29 is 14.3 Å². The van der Waals surface area contributed by atoms with Gasteiger partial charge in [0, 0.05) is 23.5 Å². The van der Waals surface area contributed by atoms with Crippen LogP contribution in [0.25, 0.3) is 0 Å². The van der Waals surface area contributed by atoms with Crippen molar-refractivity contribution in [3.63, 3.8) is 0 Å². The molecular weight excluding hydrogens is 504 g/mol. The van der Waals surface area contributed by atoms with Crippen molar-refractivity contribution in [2.75, 3.05) is 6.61 Å². The first-order valence-electron chi connectivity index (χ1n) is 11.8. The van der Waals surface area contributed by atoms with Gasteiger partial charge in [0.25, 0.3) is 5.91 Å². The largest absolute Gasteiger partial charge is 0.484 e. The number of hydrogen-bond donors (Lipinski definition) is 1. The molecule has 0 saturated heterocycles. The second-order valence-corrected chi connectivity index (χ2v) is 9.97. The number of ether oxygens (including phenoxy) is 1. The van der Waals surface area contributed by atoms with Gasteiger partial charge in [-0.2, -0.15) is 0 Å². The average Bonchev–Trinajstić information content (AvgIpc) is 2.83. The Morgan fingerprint density at radius 2 is 1.60 bits per heavy atom. The fourth-order valence-corrected chi connectivity index (χ4v) is 4.02. The highest BCUT2D eigenvalue weighted by Gasteiger charge is 2.31. The van der Waals surface area contributed by atoms with E-state index in [4.69, 9.17) is 4.74 Å². The summed E-state index contributed by atoms with van der Waals surface area (Å²) in [4.78, 5) is 28.6. The number of benzene rings is 3. The maximum Gasteiger partial charge on any atom is 0.261 e. The van der Waals surface area contributed by atoms with Crippen LogP contribution in [0.1, 0.15) is 36.1 Å². The molecule has 2 amide bonds. The minimum atomic E-state index is -0.681. The minimum absolute atomic E-state index is 0.0443. The zero-order chi connectivity index (χ0) is 25.4. The third kappa shape index (κ3) is 7.96. The number of amides is 2. The standard InChI is InChI=1S/C29H33BrN2O3/c1-20(2)31-29(34)27(17-23-8-6-5-7-9-23)32(18-24-11-13-25(30)14-12-24)28(33)19-35-26-15-10-21(3)22(4)16-26/h5-16,20,27H,17-19H2,1-4H3,(H,31,34)/t27-/m1/s1. The normalized spacial score (nSPS) is 11.7. The molecule has 0 bridgehead atoms. The smallest absolute Gasteiger partial charge is 0.261 e. The van der Waals surface area contributed by atoms with Gasteiger partial charge in [-0.15, -0.1) is 0 Å². The molecule has 35 heavy (non-hydrogen) atoms. The molecule has 3 aromatic carbocycles. The summed E-state index contributed by atoms with van der Waals surface area (Å²) in [5, 5.41) is 3.00. The third-order valence-corrected chi connectivity index (χ3v) is 6.34. The molecule has 3 aromatic rings. The van der Waals surface area contributed by atoms with Gasteiger partial charge >= 0.3 is 0 Å². The van der Waals surface area contributed by atoms with Crippen LogP contribution in [-0.4, -0.2) is 35.4 Å². The molecule has 0 aliphatic rings. The van der Waals surface area contributed by atoms with Gasteiger partial charge in [0.05, 0.1) is 0 Å². The van der Waals surface area contributed by atoms with Crippen LogP contribution in [0.5, 0.6) is 5.75 Å². The van der Waals surface area contributed by atoms with Gasteiger partial charge in [-0.1, -0.05) is 64.5 Å².